The Morgan fingerprint density at radius 3 is 2.87 bits per heavy atom. The Bertz CT molecular complexity index is 420. The Kier molecular flexibility index (Phi) is 3.46. The summed E-state index contributed by atoms with van der Waals surface area (Å²) in [6, 6.07) is 2.89. The van der Waals surface area contributed by atoms with Gasteiger partial charge in [0.1, 0.15) is 18.6 Å². The molecule has 1 rings (SSSR count). The first kappa shape index (κ1) is 11.3. The van der Waals surface area contributed by atoms with Crippen molar-refractivity contribution in [2.24, 2.45) is 5.16 Å². The van der Waals surface area contributed by atoms with E-state index in [4.69, 9.17) is 22.4 Å². The number of carboxylic acids is 1. The fraction of sp³-hybridized carbons (Fsp3) is 0.125. The number of nitrogens with two attached hydrogens (primary N) is 1. The topological polar surface area (TPSA) is 97.8 Å². The third-order valence-corrected chi connectivity index (χ3v) is 1.78. The number of hydrogen-bond donors (Lipinski definition) is 2. The van der Waals surface area contributed by atoms with Gasteiger partial charge in [0, 0.05) is 0 Å². The highest BCUT2D eigenvalue weighted by molar-refractivity contribution is 6.46. The molecule has 0 radical (unpaired) electrons. The largest absolute Gasteiger partial charge is 0.476 e. The van der Waals surface area contributed by atoms with E-state index in [1.165, 1.54) is 19.2 Å². The zero-order valence-corrected chi connectivity index (χ0v) is 8.52. The molecule has 0 aliphatic rings. The number of aromatic nitrogens is 1. The fourth-order valence-corrected chi connectivity index (χ4v) is 1.09. The number of hydrogen-bond acceptors (Lipinski definition) is 5. The van der Waals surface area contributed by atoms with Crippen LogP contribution in [0.3, 0.4) is 0 Å². The Labute approximate surface area is 90.3 Å². The molecule has 0 amide bonds. The highest BCUT2D eigenvalue weighted by atomic mass is 35.5. The summed E-state index contributed by atoms with van der Waals surface area (Å²) in [6.45, 7) is 0. The van der Waals surface area contributed by atoms with Gasteiger partial charge in [0.25, 0.3) is 0 Å². The van der Waals surface area contributed by atoms with Crippen molar-refractivity contribution >= 4 is 29.1 Å². The van der Waals surface area contributed by atoms with E-state index in [0.29, 0.717) is 0 Å². The van der Waals surface area contributed by atoms with Gasteiger partial charge in [0.15, 0.2) is 0 Å². The molecule has 0 unspecified atom stereocenters. The summed E-state index contributed by atoms with van der Waals surface area (Å²) < 4.78 is 0. The van der Waals surface area contributed by atoms with Crippen LogP contribution in [0.1, 0.15) is 5.69 Å². The lowest BCUT2D eigenvalue weighted by atomic mass is 10.2. The molecular formula is C8H8ClN3O3. The third-order valence-electron chi connectivity index (χ3n) is 1.48. The van der Waals surface area contributed by atoms with E-state index < -0.39 is 11.7 Å². The van der Waals surface area contributed by atoms with Gasteiger partial charge in [-0.25, -0.2) is 9.78 Å². The van der Waals surface area contributed by atoms with E-state index in [1.54, 1.807) is 0 Å². The monoisotopic (exact) mass is 229 g/mol. The van der Waals surface area contributed by atoms with Gasteiger partial charge >= 0.3 is 5.97 Å². The number of carboxylic acid groups (broad SMARTS) is 1. The molecule has 0 aliphatic heterocycles. The van der Waals surface area contributed by atoms with Crippen molar-refractivity contribution in [1.82, 2.24) is 4.98 Å². The van der Waals surface area contributed by atoms with E-state index in [0.717, 1.165) is 0 Å². The number of nitrogen functional groups attached to an aromatic ring is 1. The summed E-state index contributed by atoms with van der Waals surface area (Å²) in [4.78, 5) is 19.0. The molecule has 0 aliphatic carbocycles. The molecule has 1 heterocycles. The van der Waals surface area contributed by atoms with Crippen LogP contribution in [0.4, 0.5) is 5.82 Å². The maximum absolute atomic E-state index is 10.8. The quantitative estimate of drug-likeness (QED) is 0.589. The number of halogens is 1. The lowest BCUT2D eigenvalue weighted by molar-refractivity contribution is -0.129. The maximum Gasteiger partial charge on any atom is 0.360 e. The molecule has 0 spiro atoms. The van der Waals surface area contributed by atoms with Crippen LogP contribution in [0.15, 0.2) is 17.3 Å². The van der Waals surface area contributed by atoms with Crippen molar-refractivity contribution in [2.45, 2.75) is 0 Å². The number of nitrogens with zero attached hydrogens (tertiary/aromatic N) is 2. The molecule has 1 aromatic rings. The maximum atomic E-state index is 10.8. The molecule has 15 heavy (non-hydrogen) atoms. The zero-order chi connectivity index (χ0) is 11.4. The minimum absolute atomic E-state index is 0.0222. The molecular weight excluding hydrogens is 222 g/mol. The SMILES string of the molecule is CO/N=C(\C(=O)O)c1nc(N)ccc1Cl. The van der Waals surface area contributed by atoms with Gasteiger partial charge in [-0.2, -0.15) is 0 Å². The van der Waals surface area contributed by atoms with Gasteiger partial charge < -0.3 is 15.7 Å². The second-order valence-electron chi connectivity index (χ2n) is 2.49. The van der Waals surface area contributed by atoms with E-state index in [-0.39, 0.29) is 16.5 Å². The average molecular weight is 230 g/mol. The number of oxime groups is 1. The van der Waals surface area contributed by atoms with Crippen LogP contribution in [-0.4, -0.2) is 28.9 Å². The van der Waals surface area contributed by atoms with Crippen LogP contribution in [0.2, 0.25) is 5.02 Å². The number of anilines is 1. The van der Waals surface area contributed by atoms with Gasteiger partial charge in [-0.05, 0) is 12.1 Å². The van der Waals surface area contributed by atoms with Gasteiger partial charge in [0.2, 0.25) is 5.71 Å². The van der Waals surface area contributed by atoms with E-state index in [1.807, 2.05) is 0 Å². The van der Waals surface area contributed by atoms with Crippen LogP contribution >= 0.6 is 11.6 Å². The third kappa shape index (κ3) is 2.57. The molecule has 80 valence electrons. The first-order chi connectivity index (χ1) is 7.06. The van der Waals surface area contributed by atoms with Gasteiger partial charge in [-0.3, -0.25) is 0 Å². The minimum atomic E-state index is -1.29. The van der Waals surface area contributed by atoms with Gasteiger partial charge in [-0.15, -0.1) is 0 Å². The molecule has 0 saturated carbocycles. The lowest BCUT2D eigenvalue weighted by Gasteiger charge is -2.03. The molecule has 0 atom stereocenters. The zero-order valence-electron chi connectivity index (χ0n) is 7.77. The van der Waals surface area contributed by atoms with Crippen molar-refractivity contribution in [3.63, 3.8) is 0 Å². The Morgan fingerprint density at radius 2 is 2.33 bits per heavy atom. The molecule has 3 N–H and O–H groups in total. The number of aliphatic carboxylic acids is 1. The fourth-order valence-electron chi connectivity index (χ4n) is 0.898. The normalized spacial score (nSPS) is 11.2. The van der Waals surface area contributed by atoms with Crippen molar-refractivity contribution in [1.29, 1.82) is 0 Å². The van der Waals surface area contributed by atoms with Gasteiger partial charge in [0.05, 0.1) is 5.02 Å². The Hall–Kier alpha value is -1.82. The summed E-state index contributed by atoms with van der Waals surface area (Å²) in [7, 11) is 1.23. The first-order valence-corrected chi connectivity index (χ1v) is 4.21. The average Bonchev–Trinajstić information content (AvgIpc) is 2.18. The Balaban J connectivity index is 3.28. The van der Waals surface area contributed by atoms with Crippen LogP contribution in [0, 0.1) is 0 Å². The van der Waals surface area contributed by atoms with Crippen LogP contribution in [0.25, 0.3) is 0 Å². The van der Waals surface area contributed by atoms with Crippen LogP contribution in [-0.2, 0) is 9.63 Å². The van der Waals surface area contributed by atoms with E-state index in [9.17, 15) is 4.79 Å². The van der Waals surface area contributed by atoms with Crippen molar-refractivity contribution in [2.75, 3.05) is 12.8 Å². The molecule has 0 fully saturated rings. The van der Waals surface area contributed by atoms with Gasteiger partial charge in [-0.1, -0.05) is 16.8 Å². The predicted molar refractivity (Wildman–Crippen MR) is 54.8 cm³/mol. The van der Waals surface area contributed by atoms with Crippen molar-refractivity contribution in [3.8, 4) is 0 Å². The summed E-state index contributed by atoms with van der Waals surface area (Å²) >= 11 is 5.75. The molecule has 0 aromatic carbocycles. The number of carbonyl (C=O) groups is 1. The van der Waals surface area contributed by atoms with E-state index in [2.05, 4.69) is 15.0 Å². The smallest absolute Gasteiger partial charge is 0.360 e. The lowest BCUT2D eigenvalue weighted by Crippen LogP contribution is -2.17. The first-order valence-electron chi connectivity index (χ1n) is 3.83. The van der Waals surface area contributed by atoms with E-state index >= 15 is 0 Å². The number of rotatable bonds is 3. The highest BCUT2D eigenvalue weighted by Crippen LogP contribution is 2.16. The minimum Gasteiger partial charge on any atom is -0.476 e. The van der Waals surface area contributed by atoms with Crippen molar-refractivity contribution in [3.05, 3.63) is 22.8 Å². The van der Waals surface area contributed by atoms with Crippen molar-refractivity contribution < 1.29 is 14.7 Å². The van der Waals surface area contributed by atoms with Crippen LogP contribution < -0.4 is 5.73 Å². The molecule has 7 heteroatoms. The standard InChI is InChI=1S/C8H8ClN3O3/c1-15-12-7(8(13)14)6-4(9)2-3-5(10)11-6/h2-3H,1H3,(H2,10,11)(H,13,14)/b12-7-. The number of pyridine rings is 1. The summed E-state index contributed by atoms with van der Waals surface area (Å²) in [5.41, 5.74) is 4.99. The molecule has 6 nitrogen and oxygen atoms in total. The Morgan fingerprint density at radius 1 is 1.67 bits per heavy atom. The molecule has 0 saturated heterocycles. The second-order valence-corrected chi connectivity index (χ2v) is 2.90. The highest BCUT2D eigenvalue weighted by Gasteiger charge is 2.18. The van der Waals surface area contributed by atoms with Crippen LogP contribution in [0.5, 0.6) is 0 Å². The molecule has 0 bridgehead atoms. The summed E-state index contributed by atoms with van der Waals surface area (Å²) in [5, 5.41) is 12.3. The summed E-state index contributed by atoms with van der Waals surface area (Å²) in [5.74, 6) is -1.14. The second kappa shape index (κ2) is 4.61. The predicted octanol–water partition coefficient (Wildman–Crippen LogP) is 0.752. The molecule has 1 aromatic heterocycles. The summed E-state index contributed by atoms with van der Waals surface area (Å²) in [6.07, 6.45) is 0.